The van der Waals surface area contributed by atoms with E-state index in [1.54, 1.807) is 48.5 Å². The summed E-state index contributed by atoms with van der Waals surface area (Å²) in [6, 6.07) is 17.4. The third-order valence-corrected chi connectivity index (χ3v) is 2.50. The van der Waals surface area contributed by atoms with E-state index in [9.17, 15) is 8.78 Å². The van der Waals surface area contributed by atoms with E-state index in [0.717, 1.165) is 0 Å². The van der Waals surface area contributed by atoms with Crippen molar-refractivity contribution in [3.8, 4) is 5.75 Å². The largest absolute Gasteiger partial charge is 0.487 e. The molecule has 0 heterocycles. The highest BCUT2D eigenvalue weighted by Gasteiger charge is 2.30. The van der Waals surface area contributed by atoms with Crippen molar-refractivity contribution >= 4 is 0 Å². The number of benzene rings is 2. The predicted octanol–water partition coefficient (Wildman–Crippen LogP) is 3.94. The first kappa shape index (κ1) is 12.6. The van der Waals surface area contributed by atoms with Gasteiger partial charge in [-0.1, -0.05) is 48.5 Å². The second-order valence-corrected chi connectivity index (χ2v) is 4.12. The molecule has 0 unspecified atom stereocenters. The quantitative estimate of drug-likeness (QED) is 0.778. The Morgan fingerprint density at radius 3 is 2.00 bits per heavy atom. The number of ether oxygens (including phenoxy) is 1. The van der Waals surface area contributed by atoms with Crippen LogP contribution in [0.15, 0.2) is 60.7 Å². The van der Waals surface area contributed by atoms with Gasteiger partial charge in [0.1, 0.15) is 5.75 Å². The van der Waals surface area contributed by atoms with Crippen molar-refractivity contribution in [3.63, 3.8) is 0 Å². The third-order valence-electron chi connectivity index (χ3n) is 2.50. The Morgan fingerprint density at radius 1 is 0.833 bits per heavy atom. The summed E-state index contributed by atoms with van der Waals surface area (Å²) in [4.78, 5) is 0. The van der Waals surface area contributed by atoms with Crippen LogP contribution in [0, 0.1) is 0 Å². The van der Waals surface area contributed by atoms with Gasteiger partial charge in [-0.05, 0) is 17.7 Å². The first-order chi connectivity index (χ1) is 8.66. The van der Waals surface area contributed by atoms with Gasteiger partial charge >= 0.3 is 0 Å². The zero-order chi connectivity index (χ0) is 12.8. The molecule has 0 saturated carbocycles. The van der Waals surface area contributed by atoms with Crippen molar-refractivity contribution in [1.82, 2.24) is 0 Å². The van der Waals surface area contributed by atoms with Crippen LogP contribution in [-0.2, 0) is 6.42 Å². The first-order valence-electron chi connectivity index (χ1n) is 5.75. The average molecular weight is 248 g/mol. The summed E-state index contributed by atoms with van der Waals surface area (Å²) >= 11 is 0. The molecule has 94 valence electrons. The molecule has 0 radical (unpaired) electrons. The summed E-state index contributed by atoms with van der Waals surface area (Å²) in [6.07, 6.45) is -0.305. The van der Waals surface area contributed by atoms with E-state index in [4.69, 9.17) is 4.74 Å². The van der Waals surface area contributed by atoms with Crippen LogP contribution in [0.5, 0.6) is 5.75 Å². The number of hydrogen-bond donors (Lipinski definition) is 0. The average Bonchev–Trinajstić information content (AvgIpc) is 2.38. The Bertz CT molecular complexity index is 468. The van der Waals surface area contributed by atoms with Crippen LogP contribution in [0.2, 0.25) is 0 Å². The van der Waals surface area contributed by atoms with Gasteiger partial charge in [0, 0.05) is 6.42 Å². The maximum absolute atomic E-state index is 13.7. The van der Waals surface area contributed by atoms with Crippen molar-refractivity contribution in [2.24, 2.45) is 0 Å². The normalized spacial score (nSPS) is 11.2. The van der Waals surface area contributed by atoms with Crippen molar-refractivity contribution in [1.29, 1.82) is 0 Å². The second-order valence-electron chi connectivity index (χ2n) is 4.12. The molecule has 0 bridgehead atoms. The van der Waals surface area contributed by atoms with Crippen LogP contribution in [0.4, 0.5) is 8.78 Å². The molecule has 0 aliphatic heterocycles. The van der Waals surface area contributed by atoms with Gasteiger partial charge in [0.05, 0.1) is 0 Å². The van der Waals surface area contributed by atoms with Crippen LogP contribution in [0.1, 0.15) is 5.56 Å². The lowest BCUT2D eigenvalue weighted by molar-refractivity contribution is -0.0400. The Morgan fingerprint density at radius 2 is 1.39 bits per heavy atom. The van der Waals surface area contributed by atoms with Crippen LogP contribution < -0.4 is 4.74 Å². The summed E-state index contributed by atoms with van der Waals surface area (Å²) < 4.78 is 32.4. The minimum absolute atomic E-state index is 0.305. The van der Waals surface area contributed by atoms with Crippen molar-refractivity contribution in [2.75, 3.05) is 6.61 Å². The molecule has 0 amide bonds. The zero-order valence-electron chi connectivity index (χ0n) is 9.85. The minimum atomic E-state index is -2.86. The summed E-state index contributed by atoms with van der Waals surface area (Å²) in [6.45, 7) is -0.605. The van der Waals surface area contributed by atoms with E-state index < -0.39 is 12.5 Å². The molecular weight excluding hydrogens is 234 g/mol. The molecule has 1 nitrogen and oxygen atoms in total. The van der Waals surface area contributed by atoms with Crippen LogP contribution in [0.3, 0.4) is 0 Å². The lowest BCUT2D eigenvalue weighted by Gasteiger charge is -2.17. The standard InChI is InChI=1S/C15H14F2O/c16-15(17,11-13-7-3-1-4-8-13)12-18-14-9-5-2-6-10-14/h1-10H,11-12H2. The molecule has 2 rings (SSSR count). The molecule has 2 aromatic carbocycles. The van der Waals surface area contributed by atoms with E-state index in [2.05, 4.69) is 0 Å². The highest BCUT2D eigenvalue weighted by atomic mass is 19.3. The van der Waals surface area contributed by atoms with Gasteiger partial charge in [0.2, 0.25) is 0 Å². The topological polar surface area (TPSA) is 9.23 Å². The number of hydrogen-bond acceptors (Lipinski definition) is 1. The Labute approximate surface area is 105 Å². The summed E-state index contributed by atoms with van der Waals surface area (Å²) in [5.74, 6) is -2.40. The molecule has 0 aliphatic rings. The van der Waals surface area contributed by atoms with E-state index in [-0.39, 0.29) is 6.42 Å². The monoisotopic (exact) mass is 248 g/mol. The van der Waals surface area contributed by atoms with Crippen molar-refractivity contribution in [2.45, 2.75) is 12.3 Å². The van der Waals surface area contributed by atoms with E-state index >= 15 is 0 Å². The summed E-state index contributed by atoms with van der Waals surface area (Å²) in [5, 5.41) is 0. The summed E-state index contributed by atoms with van der Waals surface area (Å²) in [5.41, 5.74) is 0.610. The highest BCUT2D eigenvalue weighted by molar-refractivity contribution is 5.21. The fraction of sp³-hybridized carbons (Fsp3) is 0.200. The van der Waals surface area contributed by atoms with Crippen LogP contribution >= 0.6 is 0 Å². The molecule has 0 aliphatic carbocycles. The van der Waals surface area contributed by atoms with Gasteiger partial charge in [0.25, 0.3) is 5.92 Å². The molecule has 0 atom stereocenters. The molecule has 2 aromatic rings. The highest BCUT2D eigenvalue weighted by Crippen LogP contribution is 2.21. The Hall–Kier alpha value is -1.90. The number of halogens is 2. The molecule has 0 saturated heterocycles. The van der Waals surface area contributed by atoms with Crippen molar-refractivity contribution < 1.29 is 13.5 Å². The number of alkyl halides is 2. The zero-order valence-corrected chi connectivity index (χ0v) is 9.85. The fourth-order valence-corrected chi connectivity index (χ4v) is 1.65. The van der Waals surface area contributed by atoms with Gasteiger partial charge in [0.15, 0.2) is 6.61 Å². The maximum Gasteiger partial charge on any atom is 0.285 e. The molecule has 3 heteroatoms. The number of para-hydroxylation sites is 1. The van der Waals surface area contributed by atoms with Gasteiger partial charge in [-0.2, -0.15) is 0 Å². The van der Waals surface area contributed by atoms with Crippen LogP contribution in [0.25, 0.3) is 0 Å². The van der Waals surface area contributed by atoms with Gasteiger partial charge in [-0.15, -0.1) is 0 Å². The third kappa shape index (κ3) is 3.84. The molecule has 18 heavy (non-hydrogen) atoms. The molecular formula is C15H14F2O. The molecule has 0 spiro atoms. The van der Waals surface area contributed by atoms with Crippen LogP contribution in [-0.4, -0.2) is 12.5 Å². The summed E-state index contributed by atoms with van der Waals surface area (Å²) in [7, 11) is 0. The predicted molar refractivity (Wildman–Crippen MR) is 67.0 cm³/mol. The lowest BCUT2D eigenvalue weighted by Crippen LogP contribution is -2.28. The fourth-order valence-electron chi connectivity index (χ4n) is 1.65. The molecule has 0 fully saturated rings. The minimum Gasteiger partial charge on any atom is -0.487 e. The molecule has 0 aromatic heterocycles. The van der Waals surface area contributed by atoms with Gasteiger partial charge in [-0.3, -0.25) is 0 Å². The second kappa shape index (κ2) is 5.63. The Balaban J connectivity index is 1.91. The van der Waals surface area contributed by atoms with E-state index in [0.29, 0.717) is 11.3 Å². The van der Waals surface area contributed by atoms with E-state index in [1.165, 1.54) is 0 Å². The maximum atomic E-state index is 13.7. The number of rotatable bonds is 5. The first-order valence-corrected chi connectivity index (χ1v) is 5.75. The van der Waals surface area contributed by atoms with Gasteiger partial charge in [-0.25, -0.2) is 8.78 Å². The lowest BCUT2D eigenvalue weighted by atomic mass is 10.1. The Kier molecular flexibility index (Phi) is 3.92. The van der Waals surface area contributed by atoms with Gasteiger partial charge < -0.3 is 4.74 Å². The smallest absolute Gasteiger partial charge is 0.285 e. The molecule has 0 N–H and O–H groups in total. The van der Waals surface area contributed by atoms with Crippen molar-refractivity contribution in [3.05, 3.63) is 66.2 Å². The SMILES string of the molecule is FC(F)(COc1ccccc1)Cc1ccccc1. The van der Waals surface area contributed by atoms with E-state index in [1.807, 2.05) is 12.1 Å².